The van der Waals surface area contributed by atoms with Crippen LogP contribution < -0.4 is 9.47 Å². The molecule has 7 heteroatoms. The number of furan rings is 1. The number of hydrogen-bond donors (Lipinski definition) is 1. The van der Waals surface area contributed by atoms with Crippen molar-refractivity contribution in [3.63, 3.8) is 0 Å². The van der Waals surface area contributed by atoms with Gasteiger partial charge in [0.2, 0.25) is 0 Å². The van der Waals surface area contributed by atoms with Gasteiger partial charge >= 0.3 is 0 Å². The van der Waals surface area contributed by atoms with E-state index in [-0.39, 0.29) is 17.9 Å². The fraction of sp³-hybridized carbons (Fsp3) is 0.200. The van der Waals surface area contributed by atoms with Crippen LogP contribution in [0.3, 0.4) is 0 Å². The quantitative estimate of drug-likeness (QED) is 0.356. The third-order valence-corrected chi connectivity index (χ3v) is 5.53. The lowest BCUT2D eigenvalue weighted by Crippen LogP contribution is -2.29. The molecule has 3 aromatic rings. The summed E-state index contributed by atoms with van der Waals surface area (Å²) >= 11 is 0. The van der Waals surface area contributed by atoms with Crippen LogP contribution in [0, 0.1) is 6.92 Å². The summed E-state index contributed by atoms with van der Waals surface area (Å²) in [5, 5.41) is 11.1. The summed E-state index contributed by atoms with van der Waals surface area (Å²) in [6.45, 7) is 2.00. The summed E-state index contributed by atoms with van der Waals surface area (Å²) in [6, 6.07) is 14.8. The van der Waals surface area contributed by atoms with Gasteiger partial charge in [-0.1, -0.05) is 12.1 Å². The largest absolute Gasteiger partial charge is 0.507 e. The van der Waals surface area contributed by atoms with Gasteiger partial charge in [0.15, 0.2) is 0 Å². The van der Waals surface area contributed by atoms with Crippen LogP contribution in [-0.2, 0) is 16.1 Å². The molecule has 2 aromatic carbocycles. The second-order valence-electron chi connectivity index (χ2n) is 7.47. The molecule has 1 amide bonds. The van der Waals surface area contributed by atoms with Gasteiger partial charge in [-0.15, -0.1) is 0 Å². The molecule has 0 aliphatic carbocycles. The molecule has 2 heterocycles. The number of benzene rings is 2. The molecule has 1 atom stereocenters. The standard InChI is InChI=1S/C25H23NO6/c1-15-13-17(8-11-19(15)31-3)23(27)21-22(20-5-4-12-32-20)26(25(29)24(21)28)14-16-6-9-18(30-2)10-7-16/h4-13,22,27H,14H2,1-3H3/b23-21-. The first-order valence-electron chi connectivity index (χ1n) is 10.0. The van der Waals surface area contributed by atoms with E-state index in [0.717, 1.165) is 11.1 Å². The summed E-state index contributed by atoms with van der Waals surface area (Å²) < 4.78 is 16.0. The Balaban J connectivity index is 1.79. The number of rotatable bonds is 6. The number of hydrogen-bond acceptors (Lipinski definition) is 6. The molecule has 0 spiro atoms. The summed E-state index contributed by atoms with van der Waals surface area (Å²) in [5.41, 5.74) is 2.01. The molecule has 0 saturated carbocycles. The van der Waals surface area contributed by atoms with E-state index in [9.17, 15) is 14.7 Å². The number of likely N-dealkylation sites (tertiary alicyclic amines) is 1. The van der Waals surface area contributed by atoms with E-state index in [4.69, 9.17) is 13.9 Å². The first-order valence-corrected chi connectivity index (χ1v) is 10.0. The molecule has 7 nitrogen and oxygen atoms in total. The highest BCUT2D eigenvalue weighted by atomic mass is 16.5. The molecule has 1 saturated heterocycles. The Morgan fingerprint density at radius 1 is 1.06 bits per heavy atom. The van der Waals surface area contributed by atoms with Gasteiger partial charge in [-0.05, 0) is 60.5 Å². The van der Waals surface area contributed by atoms with Crippen LogP contribution in [-0.4, -0.2) is 35.9 Å². The average molecular weight is 433 g/mol. The Bertz CT molecular complexity index is 1180. The molecule has 1 fully saturated rings. The first-order chi connectivity index (χ1) is 15.4. The molecule has 1 N–H and O–H groups in total. The smallest absolute Gasteiger partial charge is 0.296 e. The van der Waals surface area contributed by atoms with Crippen molar-refractivity contribution < 1.29 is 28.6 Å². The zero-order chi connectivity index (χ0) is 22.8. The molecule has 1 aliphatic rings. The highest BCUT2D eigenvalue weighted by Crippen LogP contribution is 2.40. The predicted octanol–water partition coefficient (Wildman–Crippen LogP) is 4.23. The number of amides is 1. The van der Waals surface area contributed by atoms with E-state index in [2.05, 4.69) is 0 Å². The number of methoxy groups -OCH3 is 2. The van der Waals surface area contributed by atoms with Gasteiger partial charge < -0.3 is 23.9 Å². The lowest BCUT2D eigenvalue weighted by molar-refractivity contribution is -0.140. The topological polar surface area (TPSA) is 89.2 Å². The van der Waals surface area contributed by atoms with Crippen LogP contribution >= 0.6 is 0 Å². The predicted molar refractivity (Wildman–Crippen MR) is 117 cm³/mol. The third-order valence-electron chi connectivity index (χ3n) is 5.53. The molecule has 164 valence electrons. The van der Waals surface area contributed by atoms with Crippen LogP contribution in [0.25, 0.3) is 5.76 Å². The Morgan fingerprint density at radius 3 is 2.41 bits per heavy atom. The van der Waals surface area contributed by atoms with E-state index < -0.39 is 17.7 Å². The number of carbonyl (C=O) groups is 2. The van der Waals surface area contributed by atoms with Gasteiger partial charge in [0, 0.05) is 12.1 Å². The van der Waals surface area contributed by atoms with Gasteiger partial charge in [0.05, 0.1) is 26.1 Å². The van der Waals surface area contributed by atoms with Crippen LogP contribution in [0.5, 0.6) is 11.5 Å². The van der Waals surface area contributed by atoms with Crippen molar-refractivity contribution in [1.82, 2.24) is 4.90 Å². The Kier molecular flexibility index (Phi) is 5.73. The van der Waals surface area contributed by atoms with Gasteiger partial charge in [-0.2, -0.15) is 0 Å². The molecule has 32 heavy (non-hydrogen) atoms. The summed E-state index contributed by atoms with van der Waals surface area (Å²) in [5.74, 6) is 0.0227. The minimum Gasteiger partial charge on any atom is -0.507 e. The number of aryl methyl sites for hydroxylation is 1. The lowest BCUT2D eigenvalue weighted by Gasteiger charge is -2.23. The van der Waals surface area contributed by atoms with Crippen LogP contribution in [0.2, 0.25) is 0 Å². The van der Waals surface area contributed by atoms with Crippen LogP contribution in [0.4, 0.5) is 0 Å². The third kappa shape index (κ3) is 3.73. The van der Waals surface area contributed by atoms with E-state index >= 15 is 0 Å². The van der Waals surface area contributed by atoms with Crippen LogP contribution in [0.1, 0.15) is 28.5 Å². The number of Topliss-reactive ketones (excluding diaryl/α,β-unsaturated/α-hetero) is 1. The monoisotopic (exact) mass is 433 g/mol. The zero-order valence-corrected chi connectivity index (χ0v) is 18.0. The van der Waals surface area contributed by atoms with Crippen LogP contribution in [0.15, 0.2) is 70.9 Å². The molecular weight excluding hydrogens is 410 g/mol. The maximum Gasteiger partial charge on any atom is 0.296 e. The van der Waals surface area contributed by atoms with Crippen molar-refractivity contribution in [3.8, 4) is 11.5 Å². The van der Waals surface area contributed by atoms with Crippen molar-refractivity contribution in [2.45, 2.75) is 19.5 Å². The number of ether oxygens (including phenoxy) is 2. The van der Waals surface area contributed by atoms with Gasteiger partial charge in [0.25, 0.3) is 11.7 Å². The second kappa shape index (κ2) is 8.63. The minimum absolute atomic E-state index is 0.0111. The highest BCUT2D eigenvalue weighted by Gasteiger charge is 2.47. The van der Waals surface area contributed by atoms with Crippen molar-refractivity contribution in [2.75, 3.05) is 14.2 Å². The molecule has 4 rings (SSSR count). The number of aliphatic hydroxyl groups excluding tert-OH is 1. The fourth-order valence-electron chi connectivity index (χ4n) is 3.89. The molecular formula is C25H23NO6. The number of aliphatic hydroxyl groups is 1. The number of carbonyl (C=O) groups excluding carboxylic acids is 2. The van der Waals surface area contributed by atoms with Crippen molar-refractivity contribution in [1.29, 1.82) is 0 Å². The van der Waals surface area contributed by atoms with Crippen molar-refractivity contribution >= 4 is 17.4 Å². The SMILES string of the molecule is COc1ccc(CN2C(=O)C(=O)/C(=C(\O)c3ccc(OC)c(C)c3)C2c2ccco2)cc1. The minimum atomic E-state index is -0.852. The maximum atomic E-state index is 13.0. The lowest BCUT2D eigenvalue weighted by atomic mass is 9.98. The van der Waals surface area contributed by atoms with E-state index in [1.807, 2.05) is 19.1 Å². The summed E-state index contributed by atoms with van der Waals surface area (Å²) in [4.78, 5) is 27.4. The molecule has 0 radical (unpaired) electrons. The normalized spacial score (nSPS) is 17.6. The number of ketones is 1. The second-order valence-corrected chi connectivity index (χ2v) is 7.47. The van der Waals surface area contributed by atoms with E-state index in [0.29, 0.717) is 22.8 Å². The van der Waals surface area contributed by atoms with E-state index in [1.54, 1.807) is 56.7 Å². The van der Waals surface area contributed by atoms with Gasteiger partial charge in [-0.3, -0.25) is 9.59 Å². The molecule has 1 unspecified atom stereocenters. The molecule has 1 aliphatic heterocycles. The summed E-state index contributed by atoms with van der Waals surface area (Å²) in [6.07, 6.45) is 1.47. The zero-order valence-electron chi connectivity index (χ0n) is 18.0. The highest BCUT2D eigenvalue weighted by molar-refractivity contribution is 6.46. The first kappa shape index (κ1) is 21.2. The Morgan fingerprint density at radius 2 is 1.81 bits per heavy atom. The Labute approximate surface area is 185 Å². The fourth-order valence-corrected chi connectivity index (χ4v) is 3.89. The van der Waals surface area contributed by atoms with Gasteiger partial charge in [-0.25, -0.2) is 0 Å². The van der Waals surface area contributed by atoms with E-state index in [1.165, 1.54) is 11.2 Å². The Hall–Kier alpha value is -4.00. The molecule has 0 bridgehead atoms. The van der Waals surface area contributed by atoms with Gasteiger partial charge in [0.1, 0.15) is 29.1 Å². The number of nitrogens with zero attached hydrogens (tertiary/aromatic N) is 1. The summed E-state index contributed by atoms with van der Waals surface area (Å²) in [7, 11) is 3.13. The van der Waals surface area contributed by atoms with Crippen molar-refractivity contribution in [2.24, 2.45) is 0 Å². The maximum absolute atomic E-state index is 13.0. The van der Waals surface area contributed by atoms with Crippen molar-refractivity contribution in [3.05, 3.63) is 88.9 Å². The molecule has 1 aromatic heterocycles. The average Bonchev–Trinajstić information content (AvgIpc) is 3.42.